The maximum absolute atomic E-state index is 14.1. The van der Waals surface area contributed by atoms with Gasteiger partial charge in [0.1, 0.15) is 5.82 Å². The number of hydrogen-bond acceptors (Lipinski definition) is 6. The molecule has 0 spiro atoms. The minimum atomic E-state index is -0.185. The molecular formula is C23H27FN6. The van der Waals surface area contributed by atoms with Crippen LogP contribution < -0.4 is 20.4 Å². The van der Waals surface area contributed by atoms with Crippen LogP contribution in [0.5, 0.6) is 0 Å². The van der Waals surface area contributed by atoms with Crippen molar-refractivity contribution in [3.05, 3.63) is 66.1 Å². The van der Waals surface area contributed by atoms with Gasteiger partial charge in [-0.2, -0.15) is 0 Å². The standard InChI is InChI=1S/C23H27FN6/c1-28(2)19-7-5-6-17(14-19)21-15-18(16-25)26-23(27-21)30-12-10-29(11-13-30)22-9-4-3-8-20(22)24/h3-9,14-15H,10-13,16,25H2,1-2H3. The highest BCUT2D eigenvalue weighted by atomic mass is 19.1. The summed E-state index contributed by atoms with van der Waals surface area (Å²) in [5.74, 6) is 0.492. The van der Waals surface area contributed by atoms with Crippen LogP contribution in [0.15, 0.2) is 54.6 Å². The average molecular weight is 407 g/mol. The highest BCUT2D eigenvalue weighted by molar-refractivity contribution is 5.66. The van der Waals surface area contributed by atoms with Gasteiger partial charge in [-0.1, -0.05) is 24.3 Å². The van der Waals surface area contributed by atoms with Gasteiger partial charge in [0.25, 0.3) is 0 Å². The zero-order valence-electron chi connectivity index (χ0n) is 17.4. The van der Waals surface area contributed by atoms with Crippen molar-refractivity contribution >= 4 is 17.3 Å². The van der Waals surface area contributed by atoms with E-state index in [1.165, 1.54) is 6.07 Å². The smallest absolute Gasteiger partial charge is 0.226 e. The highest BCUT2D eigenvalue weighted by Gasteiger charge is 2.22. The van der Waals surface area contributed by atoms with E-state index < -0.39 is 0 Å². The Bertz CT molecular complexity index is 1010. The van der Waals surface area contributed by atoms with Crippen molar-refractivity contribution in [2.45, 2.75) is 6.54 Å². The minimum absolute atomic E-state index is 0.185. The average Bonchev–Trinajstić information content (AvgIpc) is 2.79. The van der Waals surface area contributed by atoms with Crippen LogP contribution in [-0.4, -0.2) is 50.2 Å². The number of nitrogens with two attached hydrogens (primary N) is 1. The Morgan fingerprint density at radius 3 is 2.37 bits per heavy atom. The Morgan fingerprint density at radius 1 is 0.933 bits per heavy atom. The second-order valence-corrected chi connectivity index (χ2v) is 7.62. The quantitative estimate of drug-likeness (QED) is 0.703. The van der Waals surface area contributed by atoms with Gasteiger partial charge >= 0.3 is 0 Å². The molecule has 156 valence electrons. The van der Waals surface area contributed by atoms with Gasteiger partial charge in [-0.3, -0.25) is 0 Å². The summed E-state index contributed by atoms with van der Waals surface area (Å²) in [7, 11) is 4.04. The van der Waals surface area contributed by atoms with Crippen LogP contribution in [0.3, 0.4) is 0 Å². The van der Waals surface area contributed by atoms with E-state index in [0.29, 0.717) is 31.3 Å². The maximum atomic E-state index is 14.1. The van der Waals surface area contributed by atoms with Crippen molar-refractivity contribution in [1.29, 1.82) is 0 Å². The fourth-order valence-corrected chi connectivity index (χ4v) is 3.68. The number of hydrogen-bond donors (Lipinski definition) is 1. The van der Waals surface area contributed by atoms with Gasteiger partial charge < -0.3 is 20.4 Å². The zero-order chi connectivity index (χ0) is 21.1. The predicted molar refractivity (Wildman–Crippen MR) is 121 cm³/mol. The van der Waals surface area contributed by atoms with E-state index in [0.717, 1.165) is 35.7 Å². The third-order valence-corrected chi connectivity index (χ3v) is 5.39. The molecule has 30 heavy (non-hydrogen) atoms. The van der Waals surface area contributed by atoms with Crippen LogP contribution in [0.25, 0.3) is 11.3 Å². The van der Waals surface area contributed by atoms with Crippen LogP contribution in [0.2, 0.25) is 0 Å². The number of benzene rings is 2. The summed E-state index contributed by atoms with van der Waals surface area (Å²) in [6.45, 7) is 3.22. The largest absolute Gasteiger partial charge is 0.378 e. The molecule has 7 heteroatoms. The second kappa shape index (κ2) is 8.67. The molecule has 2 heterocycles. The summed E-state index contributed by atoms with van der Waals surface area (Å²) < 4.78 is 14.1. The molecule has 1 saturated heterocycles. The third kappa shape index (κ3) is 4.21. The summed E-state index contributed by atoms with van der Waals surface area (Å²) in [6, 6.07) is 17.1. The molecule has 1 fully saturated rings. The van der Waals surface area contributed by atoms with E-state index in [9.17, 15) is 4.39 Å². The topological polar surface area (TPSA) is 61.5 Å². The first-order valence-corrected chi connectivity index (χ1v) is 10.2. The lowest BCUT2D eigenvalue weighted by molar-refractivity contribution is 0.593. The number of aromatic nitrogens is 2. The van der Waals surface area contributed by atoms with Crippen LogP contribution in [0, 0.1) is 5.82 Å². The number of halogens is 1. The fourth-order valence-electron chi connectivity index (χ4n) is 3.68. The van der Waals surface area contributed by atoms with Crippen LogP contribution in [0.1, 0.15) is 5.69 Å². The molecule has 1 aliphatic heterocycles. The van der Waals surface area contributed by atoms with Crippen molar-refractivity contribution in [3.63, 3.8) is 0 Å². The number of nitrogens with zero attached hydrogens (tertiary/aromatic N) is 5. The van der Waals surface area contributed by atoms with Crippen LogP contribution >= 0.6 is 0 Å². The Hall–Kier alpha value is -3.19. The number of para-hydroxylation sites is 1. The van der Waals surface area contributed by atoms with E-state index in [1.807, 2.05) is 38.4 Å². The second-order valence-electron chi connectivity index (χ2n) is 7.62. The molecule has 4 rings (SSSR count). The van der Waals surface area contributed by atoms with Gasteiger partial charge in [0.05, 0.1) is 17.1 Å². The van der Waals surface area contributed by atoms with E-state index in [-0.39, 0.29) is 5.82 Å². The van der Waals surface area contributed by atoms with Crippen molar-refractivity contribution < 1.29 is 4.39 Å². The Balaban J connectivity index is 1.57. The summed E-state index contributed by atoms with van der Waals surface area (Å²) in [6.07, 6.45) is 0. The lowest BCUT2D eigenvalue weighted by Crippen LogP contribution is -2.47. The first kappa shape index (κ1) is 20.1. The van der Waals surface area contributed by atoms with Crippen molar-refractivity contribution in [1.82, 2.24) is 9.97 Å². The van der Waals surface area contributed by atoms with E-state index >= 15 is 0 Å². The number of anilines is 3. The van der Waals surface area contributed by atoms with Gasteiger partial charge in [0.15, 0.2) is 0 Å². The molecule has 0 amide bonds. The summed E-state index contributed by atoms with van der Waals surface area (Å²) in [4.78, 5) is 15.8. The normalized spacial score (nSPS) is 14.1. The van der Waals surface area contributed by atoms with Gasteiger partial charge in [-0.15, -0.1) is 0 Å². The molecule has 1 aromatic heterocycles. The fraction of sp³-hybridized carbons (Fsp3) is 0.304. The molecule has 0 bridgehead atoms. The number of rotatable bonds is 5. The molecule has 3 aromatic rings. The van der Waals surface area contributed by atoms with E-state index in [1.54, 1.807) is 6.07 Å². The molecule has 0 saturated carbocycles. The molecule has 0 radical (unpaired) electrons. The third-order valence-electron chi connectivity index (χ3n) is 5.39. The van der Waals surface area contributed by atoms with E-state index in [2.05, 4.69) is 37.9 Å². The first-order chi connectivity index (χ1) is 14.5. The molecule has 2 aromatic carbocycles. The maximum Gasteiger partial charge on any atom is 0.226 e. The molecule has 0 aliphatic carbocycles. The summed E-state index contributed by atoms with van der Waals surface area (Å²) >= 11 is 0. The van der Waals surface area contributed by atoms with Crippen molar-refractivity contribution in [2.24, 2.45) is 5.73 Å². The molecule has 0 unspecified atom stereocenters. The Labute approximate surface area is 176 Å². The van der Waals surface area contributed by atoms with Crippen LogP contribution in [-0.2, 0) is 6.54 Å². The lowest BCUT2D eigenvalue weighted by atomic mass is 10.1. The molecule has 0 atom stereocenters. The lowest BCUT2D eigenvalue weighted by Gasteiger charge is -2.36. The molecular weight excluding hydrogens is 379 g/mol. The predicted octanol–water partition coefficient (Wildman–Crippen LogP) is 3.13. The SMILES string of the molecule is CN(C)c1cccc(-c2cc(CN)nc(N3CCN(c4ccccc4F)CC3)n2)c1. The zero-order valence-corrected chi connectivity index (χ0v) is 17.4. The van der Waals surface area contributed by atoms with Gasteiger partial charge in [-0.25, -0.2) is 14.4 Å². The summed E-state index contributed by atoms with van der Waals surface area (Å²) in [5.41, 5.74) is 10.4. The summed E-state index contributed by atoms with van der Waals surface area (Å²) in [5, 5.41) is 0. The Kier molecular flexibility index (Phi) is 5.81. The molecule has 2 N–H and O–H groups in total. The molecule has 1 aliphatic rings. The van der Waals surface area contributed by atoms with Crippen molar-refractivity contribution in [3.8, 4) is 11.3 Å². The Morgan fingerprint density at radius 2 is 1.67 bits per heavy atom. The first-order valence-electron chi connectivity index (χ1n) is 10.2. The van der Waals surface area contributed by atoms with Crippen LogP contribution in [0.4, 0.5) is 21.7 Å². The molecule has 6 nitrogen and oxygen atoms in total. The minimum Gasteiger partial charge on any atom is -0.378 e. The number of piperazine rings is 1. The van der Waals surface area contributed by atoms with Gasteiger partial charge in [-0.05, 0) is 30.3 Å². The van der Waals surface area contributed by atoms with Gasteiger partial charge in [0.2, 0.25) is 5.95 Å². The monoisotopic (exact) mass is 406 g/mol. The van der Waals surface area contributed by atoms with Crippen molar-refractivity contribution in [2.75, 3.05) is 55.0 Å². The van der Waals surface area contributed by atoms with Gasteiger partial charge in [0, 0.05) is 58.1 Å². The van der Waals surface area contributed by atoms with E-state index in [4.69, 9.17) is 10.7 Å². The highest BCUT2D eigenvalue weighted by Crippen LogP contribution is 2.26.